The number of hydrogen-bond donors (Lipinski definition) is 1. The lowest BCUT2D eigenvalue weighted by molar-refractivity contribution is 0.575. The topological polar surface area (TPSA) is 42.7 Å². The lowest BCUT2D eigenvalue weighted by atomic mass is 10.2. The maximum atomic E-state index is 13.4. The van der Waals surface area contributed by atoms with E-state index in [2.05, 4.69) is 31.6 Å². The largest absolute Gasteiger partial charge is 0.307 e. The summed E-state index contributed by atoms with van der Waals surface area (Å²) in [5.74, 6) is -0.205. The molecule has 17 heavy (non-hydrogen) atoms. The number of rotatable bonds is 4. The van der Waals surface area contributed by atoms with Crippen molar-refractivity contribution in [3.05, 3.63) is 45.9 Å². The number of aromatic nitrogens is 3. The van der Waals surface area contributed by atoms with Crippen LogP contribution in [0.5, 0.6) is 0 Å². The average Bonchev–Trinajstić information content (AvgIpc) is 2.70. The van der Waals surface area contributed by atoms with Crippen LogP contribution in [0.3, 0.4) is 0 Å². The quantitative estimate of drug-likeness (QED) is 0.939. The molecule has 2 aromatic rings. The summed E-state index contributed by atoms with van der Waals surface area (Å²) in [6.45, 7) is 1.08. The average molecular weight is 299 g/mol. The van der Waals surface area contributed by atoms with Crippen molar-refractivity contribution in [3.63, 3.8) is 0 Å². The highest BCUT2D eigenvalue weighted by Gasteiger charge is 2.03. The number of benzene rings is 1. The van der Waals surface area contributed by atoms with Crippen LogP contribution in [0.1, 0.15) is 11.3 Å². The molecular weight excluding hydrogens is 287 g/mol. The molecule has 0 unspecified atom stereocenters. The minimum atomic E-state index is -0.205. The third-order valence-corrected chi connectivity index (χ3v) is 2.93. The Labute approximate surface area is 107 Å². The summed E-state index contributed by atoms with van der Waals surface area (Å²) in [4.78, 5) is 0. The molecule has 0 saturated heterocycles. The second-order valence-corrected chi connectivity index (χ2v) is 4.60. The van der Waals surface area contributed by atoms with Crippen LogP contribution in [0.2, 0.25) is 0 Å². The predicted molar refractivity (Wildman–Crippen MR) is 65.6 cm³/mol. The van der Waals surface area contributed by atoms with E-state index < -0.39 is 0 Å². The van der Waals surface area contributed by atoms with Gasteiger partial charge < -0.3 is 5.32 Å². The highest BCUT2D eigenvalue weighted by Crippen LogP contribution is 2.15. The van der Waals surface area contributed by atoms with Gasteiger partial charge in [0.1, 0.15) is 5.82 Å². The molecule has 0 atom stereocenters. The van der Waals surface area contributed by atoms with Gasteiger partial charge in [0, 0.05) is 30.2 Å². The molecule has 1 aromatic heterocycles. The van der Waals surface area contributed by atoms with Crippen LogP contribution in [0.15, 0.2) is 28.9 Å². The summed E-state index contributed by atoms with van der Waals surface area (Å²) in [7, 11) is 1.82. The lowest BCUT2D eigenvalue weighted by Gasteiger charge is -2.06. The van der Waals surface area contributed by atoms with Gasteiger partial charge in [0.25, 0.3) is 0 Å². The first-order valence-electron chi connectivity index (χ1n) is 5.15. The molecular formula is C11H12BrFN4. The molecule has 0 aliphatic carbocycles. The number of nitrogens with zero attached hydrogens (tertiary/aromatic N) is 3. The molecule has 0 saturated carbocycles. The van der Waals surface area contributed by atoms with Gasteiger partial charge in [0.15, 0.2) is 0 Å². The van der Waals surface area contributed by atoms with Crippen LogP contribution in [-0.4, -0.2) is 15.0 Å². The third-order valence-electron chi connectivity index (χ3n) is 2.44. The number of hydrogen-bond acceptors (Lipinski definition) is 3. The van der Waals surface area contributed by atoms with Crippen molar-refractivity contribution in [1.82, 2.24) is 20.3 Å². The molecule has 0 radical (unpaired) electrons. The summed E-state index contributed by atoms with van der Waals surface area (Å²) in [5.41, 5.74) is 1.59. The molecule has 2 rings (SSSR count). The fourth-order valence-electron chi connectivity index (χ4n) is 1.47. The molecule has 0 aliphatic heterocycles. The molecule has 0 aliphatic rings. The van der Waals surface area contributed by atoms with Gasteiger partial charge in [-0.1, -0.05) is 21.1 Å². The van der Waals surface area contributed by atoms with Crippen molar-refractivity contribution in [3.8, 4) is 0 Å². The van der Waals surface area contributed by atoms with Crippen molar-refractivity contribution >= 4 is 15.9 Å². The summed E-state index contributed by atoms with van der Waals surface area (Å²) in [5, 5.41) is 10.7. The van der Waals surface area contributed by atoms with Crippen LogP contribution in [0.4, 0.5) is 4.39 Å². The maximum absolute atomic E-state index is 13.4. The lowest BCUT2D eigenvalue weighted by Crippen LogP contribution is -2.16. The zero-order valence-electron chi connectivity index (χ0n) is 9.32. The molecule has 6 heteroatoms. The van der Waals surface area contributed by atoms with E-state index in [1.807, 2.05) is 7.05 Å². The van der Waals surface area contributed by atoms with Gasteiger partial charge in [-0.25, -0.2) is 4.39 Å². The summed E-state index contributed by atoms with van der Waals surface area (Å²) in [6.07, 6.45) is 1.68. The van der Waals surface area contributed by atoms with Crippen molar-refractivity contribution in [2.45, 2.75) is 13.1 Å². The van der Waals surface area contributed by atoms with E-state index >= 15 is 0 Å². The van der Waals surface area contributed by atoms with Gasteiger partial charge in [-0.2, -0.15) is 0 Å². The van der Waals surface area contributed by atoms with Gasteiger partial charge in [-0.3, -0.25) is 4.68 Å². The van der Waals surface area contributed by atoms with Crippen LogP contribution < -0.4 is 5.32 Å². The predicted octanol–water partition coefficient (Wildman–Crippen LogP) is 2.01. The van der Waals surface area contributed by atoms with E-state index in [4.69, 9.17) is 0 Å². The van der Waals surface area contributed by atoms with Crippen LogP contribution in [0.25, 0.3) is 0 Å². The Balaban J connectivity index is 1.94. The van der Waals surface area contributed by atoms with Crippen molar-refractivity contribution in [2.75, 3.05) is 0 Å². The first-order valence-corrected chi connectivity index (χ1v) is 5.94. The van der Waals surface area contributed by atoms with Crippen LogP contribution >= 0.6 is 15.9 Å². The van der Waals surface area contributed by atoms with Crippen molar-refractivity contribution < 1.29 is 4.39 Å². The number of nitrogens with one attached hydrogen (secondary N) is 1. The molecule has 1 aromatic carbocycles. The zero-order chi connectivity index (χ0) is 12.3. The molecule has 4 nitrogen and oxygen atoms in total. The van der Waals surface area contributed by atoms with Gasteiger partial charge >= 0.3 is 0 Å². The highest BCUT2D eigenvalue weighted by molar-refractivity contribution is 9.10. The Morgan fingerprint density at radius 3 is 2.94 bits per heavy atom. The zero-order valence-corrected chi connectivity index (χ0v) is 10.9. The Morgan fingerprint density at radius 2 is 2.24 bits per heavy atom. The van der Waals surface area contributed by atoms with Gasteiger partial charge in [-0.15, -0.1) is 5.10 Å². The third kappa shape index (κ3) is 3.10. The Morgan fingerprint density at radius 1 is 1.41 bits per heavy atom. The SMILES string of the molecule is Cn1nncc1CNCc1cc(Br)ccc1F. The van der Waals surface area contributed by atoms with Crippen molar-refractivity contribution in [1.29, 1.82) is 0 Å². The number of halogens is 2. The first-order chi connectivity index (χ1) is 8.16. The van der Waals surface area contributed by atoms with E-state index in [1.165, 1.54) is 6.07 Å². The standard InChI is InChI=1S/C11H12BrFN4/c1-17-10(7-15-16-17)6-14-5-8-4-9(12)2-3-11(8)13/h2-4,7,14H,5-6H2,1H3. The smallest absolute Gasteiger partial charge is 0.127 e. The summed E-state index contributed by atoms with van der Waals surface area (Å²) < 4.78 is 16.0. The van der Waals surface area contributed by atoms with Crippen molar-refractivity contribution in [2.24, 2.45) is 7.05 Å². The Bertz CT molecular complexity index is 512. The van der Waals surface area contributed by atoms with Gasteiger partial charge in [-0.05, 0) is 18.2 Å². The highest BCUT2D eigenvalue weighted by atomic mass is 79.9. The molecule has 0 fully saturated rings. The molecule has 0 spiro atoms. The summed E-state index contributed by atoms with van der Waals surface area (Å²) >= 11 is 3.32. The maximum Gasteiger partial charge on any atom is 0.127 e. The van der Waals surface area contributed by atoms with E-state index in [0.717, 1.165) is 10.2 Å². The number of aryl methyl sites for hydroxylation is 1. The summed E-state index contributed by atoms with van der Waals surface area (Å²) in [6, 6.07) is 4.90. The first kappa shape index (κ1) is 12.2. The molecule has 1 N–H and O–H groups in total. The van der Waals surface area contributed by atoms with E-state index in [1.54, 1.807) is 23.0 Å². The molecule has 90 valence electrons. The molecule has 0 amide bonds. The van der Waals surface area contributed by atoms with E-state index in [0.29, 0.717) is 18.7 Å². The molecule has 1 heterocycles. The normalized spacial score (nSPS) is 10.8. The van der Waals surface area contributed by atoms with E-state index in [9.17, 15) is 4.39 Å². The second-order valence-electron chi connectivity index (χ2n) is 3.69. The fraction of sp³-hybridized carbons (Fsp3) is 0.273. The Kier molecular flexibility index (Phi) is 3.86. The minimum absolute atomic E-state index is 0.205. The monoisotopic (exact) mass is 298 g/mol. The fourth-order valence-corrected chi connectivity index (χ4v) is 1.88. The van der Waals surface area contributed by atoms with E-state index in [-0.39, 0.29) is 5.82 Å². The van der Waals surface area contributed by atoms with Gasteiger partial charge in [0.2, 0.25) is 0 Å². The second kappa shape index (κ2) is 5.37. The van der Waals surface area contributed by atoms with Crippen LogP contribution in [-0.2, 0) is 20.1 Å². The Hall–Kier alpha value is -1.27. The van der Waals surface area contributed by atoms with Crippen LogP contribution in [0, 0.1) is 5.82 Å². The minimum Gasteiger partial charge on any atom is -0.307 e. The molecule has 0 bridgehead atoms. The van der Waals surface area contributed by atoms with Gasteiger partial charge in [0.05, 0.1) is 11.9 Å².